The quantitative estimate of drug-likeness (QED) is 0.186. The van der Waals surface area contributed by atoms with Crippen molar-refractivity contribution in [3.63, 3.8) is 0 Å². The summed E-state index contributed by atoms with van der Waals surface area (Å²) in [4.78, 5) is 10.4. The van der Waals surface area contributed by atoms with Crippen LogP contribution in [-0.2, 0) is 0 Å². The third-order valence-corrected chi connectivity index (χ3v) is 9.20. The number of hydrogen-bond donors (Lipinski definition) is 0. The van der Waals surface area contributed by atoms with Crippen LogP contribution in [0.1, 0.15) is 52.1 Å². The second-order valence-electron chi connectivity index (χ2n) is 11.8. The molecule has 0 bridgehead atoms. The summed E-state index contributed by atoms with van der Waals surface area (Å²) in [5.41, 5.74) is 16.7. The highest BCUT2D eigenvalue weighted by molar-refractivity contribution is 6.18. The van der Waals surface area contributed by atoms with E-state index < -0.39 is 0 Å². The van der Waals surface area contributed by atoms with Crippen molar-refractivity contribution in [2.24, 2.45) is 9.98 Å². The summed E-state index contributed by atoms with van der Waals surface area (Å²) in [6.07, 6.45) is 0. The summed E-state index contributed by atoms with van der Waals surface area (Å²) in [6.45, 7) is 4.37. The van der Waals surface area contributed by atoms with E-state index in [0.29, 0.717) is 0 Å². The van der Waals surface area contributed by atoms with E-state index in [9.17, 15) is 0 Å². The monoisotopic (exact) mass is 564 g/mol. The minimum absolute atomic E-state index is 0.143. The molecule has 2 nitrogen and oxygen atoms in total. The number of fused-ring (bicyclic) bond motifs is 8. The molecule has 1 aliphatic carbocycles. The van der Waals surface area contributed by atoms with Gasteiger partial charge >= 0.3 is 0 Å². The zero-order valence-corrected chi connectivity index (χ0v) is 24.9. The Morgan fingerprint density at radius 1 is 0.614 bits per heavy atom. The van der Waals surface area contributed by atoms with E-state index in [4.69, 9.17) is 9.98 Å². The van der Waals surface area contributed by atoms with E-state index in [-0.39, 0.29) is 11.8 Å². The maximum Gasteiger partial charge on any atom is 0.0675 e. The fourth-order valence-electron chi connectivity index (χ4n) is 6.83. The number of rotatable bonds is 5. The van der Waals surface area contributed by atoms with Gasteiger partial charge in [-0.15, -0.1) is 0 Å². The van der Waals surface area contributed by atoms with Gasteiger partial charge in [0.25, 0.3) is 0 Å². The average Bonchev–Trinajstić information content (AvgIpc) is 3.48. The highest BCUT2D eigenvalue weighted by Gasteiger charge is 2.36. The van der Waals surface area contributed by atoms with Crippen LogP contribution in [0.15, 0.2) is 156 Å². The highest BCUT2D eigenvalue weighted by Crippen LogP contribution is 2.50. The van der Waals surface area contributed by atoms with Gasteiger partial charge in [-0.3, -0.25) is 9.98 Å². The summed E-state index contributed by atoms with van der Waals surface area (Å²) in [5, 5.41) is 0. The Bertz CT molecular complexity index is 2080. The minimum Gasteiger partial charge on any atom is -0.252 e. The predicted molar refractivity (Wildman–Crippen MR) is 184 cm³/mol. The number of aliphatic imine (C=N–C) groups is 2. The summed E-state index contributed by atoms with van der Waals surface area (Å²) < 4.78 is 0. The largest absolute Gasteiger partial charge is 0.252 e. The smallest absolute Gasteiger partial charge is 0.0675 e. The molecule has 44 heavy (non-hydrogen) atoms. The number of nitrogens with zero attached hydrogens (tertiary/aromatic N) is 2. The Morgan fingerprint density at radius 3 is 2.11 bits per heavy atom. The predicted octanol–water partition coefficient (Wildman–Crippen LogP) is 10.8. The molecule has 0 fully saturated rings. The first-order chi connectivity index (χ1) is 21.7. The molecule has 2 heteroatoms. The lowest BCUT2D eigenvalue weighted by atomic mass is 9.75. The van der Waals surface area contributed by atoms with Crippen molar-refractivity contribution in [1.29, 1.82) is 0 Å². The molecule has 0 saturated heterocycles. The third kappa shape index (κ3) is 4.42. The normalized spacial score (nSPS) is 15.5. The second kappa shape index (κ2) is 10.7. The molecule has 1 aliphatic heterocycles. The number of para-hydroxylation sites is 2. The summed E-state index contributed by atoms with van der Waals surface area (Å²) in [5.74, 6) is 0.316. The van der Waals surface area contributed by atoms with Gasteiger partial charge in [-0.1, -0.05) is 134 Å². The van der Waals surface area contributed by atoms with Gasteiger partial charge in [-0.2, -0.15) is 0 Å². The molecule has 0 spiro atoms. The minimum atomic E-state index is 0.143. The first-order valence-corrected chi connectivity index (χ1v) is 15.4. The zero-order valence-electron chi connectivity index (χ0n) is 24.9. The Hall–Kier alpha value is -5.34. The molecule has 0 saturated carbocycles. The second-order valence-corrected chi connectivity index (χ2v) is 11.8. The number of aryl methyl sites for hydroxylation is 1. The van der Waals surface area contributed by atoms with Crippen molar-refractivity contribution in [3.8, 4) is 22.3 Å². The van der Waals surface area contributed by atoms with Gasteiger partial charge in [-0.25, -0.2) is 0 Å². The van der Waals surface area contributed by atoms with Gasteiger partial charge in [0.1, 0.15) is 0 Å². The fourth-order valence-corrected chi connectivity index (χ4v) is 6.83. The summed E-state index contributed by atoms with van der Waals surface area (Å²) in [6, 6.07) is 52.2. The van der Waals surface area contributed by atoms with E-state index in [1.165, 1.54) is 50.1 Å². The molecule has 6 aromatic carbocycles. The van der Waals surface area contributed by atoms with Crippen LogP contribution in [0.25, 0.3) is 22.3 Å². The molecule has 0 radical (unpaired) electrons. The molecular weight excluding hydrogens is 532 g/mol. The lowest BCUT2D eigenvalue weighted by Gasteiger charge is -2.27. The van der Waals surface area contributed by atoms with E-state index in [1.807, 2.05) is 0 Å². The molecule has 1 unspecified atom stereocenters. The highest BCUT2D eigenvalue weighted by atomic mass is 14.8. The topological polar surface area (TPSA) is 24.7 Å². The van der Waals surface area contributed by atoms with Gasteiger partial charge in [0.05, 0.1) is 28.7 Å². The van der Waals surface area contributed by atoms with E-state index in [1.54, 1.807) is 0 Å². The molecule has 1 heterocycles. The van der Waals surface area contributed by atoms with Crippen molar-refractivity contribution in [3.05, 3.63) is 179 Å². The van der Waals surface area contributed by atoms with Crippen molar-refractivity contribution < 1.29 is 0 Å². The Kier molecular flexibility index (Phi) is 6.42. The van der Waals surface area contributed by atoms with Crippen LogP contribution < -0.4 is 0 Å². The van der Waals surface area contributed by atoms with Crippen LogP contribution >= 0.6 is 0 Å². The van der Waals surface area contributed by atoms with E-state index >= 15 is 0 Å². The van der Waals surface area contributed by atoms with E-state index in [2.05, 4.69) is 159 Å². The zero-order chi connectivity index (χ0) is 29.6. The molecule has 8 rings (SSSR count). The summed E-state index contributed by atoms with van der Waals surface area (Å²) >= 11 is 0. The molecule has 0 N–H and O–H groups in total. The van der Waals surface area contributed by atoms with Crippen LogP contribution in [0.2, 0.25) is 0 Å². The number of benzene rings is 6. The molecule has 210 valence electrons. The average molecular weight is 565 g/mol. The van der Waals surface area contributed by atoms with Crippen LogP contribution in [0.4, 0.5) is 11.4 Å². The van der Waals surface area contributed by atoms with Crippen LogP contribution in [-0.4, -0.2) is 11.4 Å². The lowest BCUT2D eigenvalue weighted by molar-refractivity contribution is 1.02. The van der Waals surface area contributed by atoms with Crippen LogP contribution in [0.5, 0.6) is 0 Å². The van der Waals surface area contributed by atoms with Crippen LogP contribution in [0, 0.1) is 6.92 Å². The summed E-state index contributed by atoms with van der Waals surface area (Å²) in [7, 11) is 0. The Balaban J connectivity index is 1.20. The fraction of sp³-hybridized carbons (Fsp3) is 0.0952. The van der Waals surface area contributed by atoms with Gasteiger partial charge < -0.3 is 0 Å². The molecule has 2 aliphatic rings. The maximum absolute atomic E-state index is 5.24. The molecule has 0 amide bonds. The standard InChI is InChI=1S/C42H32N2/c1-27-12-6-10-18-38(27)43-41(28(2)29-13-4-3-5-14-29)31-22-20-30(21-23-31)32-24-25-34-33-15-7-8-16-35(33)40-36-17-9-11-19-39(36)44-42(40)37(34)26-32/h3-26,28,40H,1-2H3/b43-41+/t28-,40?/m1/s1. The molecule has 0 aromatic heterocycles. The van der Waals surface area contributed by atoms with Gasteiger partial charge in [0.2, 0.25) is 0 Å². The van der Waals surface area contributed by atoms with Crippen molar-refractivity contribution in [1.82, 2.24) is 0 Å². The van der Waals surface area contributed by atoms with Gasteiger partial charge in [0, 0.05) is 11.5 Å². The van der Waals surface area contributed by atoms with Gasteiger partial charge in [-0.05, 0) is 75.2 Å². The van der Waals surface area contributed by atoms with Crippen molar-refractivity contribution in [2.75, 3.05) is 0 Å². The van der Waals surface area contributed by atoms with Crippen molar-refractivity contribution in [2.45, 2.75) is 25.7 Å². The third-order valence-electron chi connectivity index (χ3n) is 9.20. The molecule has 6 aromatic rings. The van der Waals surface area contributed by atoms with E-state index in [0.717, 1.165) is 28.4 Å². The van der Waals surface area contributed by atoms with Crippen molar-refractivity contribution >= 4 is 22.8 Å². The molecule has 2 atom stereocenters. The Labute approximate surface area is 259 Å². The molecular formula is C42H32N2. The SMILES string of the molecule is Cc1ccccc1/N=C(/c1ccc(-c2ccc3c(c2)C2=Nc4ccccc4C2c2ccccc2-3)cc1)[C@H](C)c1ccccc1. The lowest BCUT2D eigenvalue weighted by Crippen LogP contribution is -2.18. The number of hydrogen-bond acceptors (Lipinski definition) is 2. The van der Waals surface area contributed by atoms with Gasteiger partial charge in [0.15, 0.2) is 0 Å². The maximum atomic E-state index is 5.24. The van der Waals surface area contributed by atoms with Crippen LogP contribution in [0.3, 0.4) is 0 Å². The first-order valence-electron chi connectivity index (χ1n) is 15.4. The first kappa shape index (κ1) is 26.3. The Morgan fingerprint density at radius 2 is 1.30 bits per heavy atom.